The minimum absolute atomic E-state index is 0.0261. The largest absolute Gasteiger partial charge is 0.506 e. The number of benzene rings is 4. The van der Waals surface area contributed by atoms with Crippen LogP contribution in [0.2, 0.25) is 0 Å². The second-order valence-corrected chi connectivity index (χ2v) is 14.0. The van der Waals surface area contributed by atoms with Crippen LogP contribution in [0, 0.1) is 18.2 Å². The molecule has 1 unspecified atom stereocenters. The fourth-order valence-corrected chi connectivity index (χ4v) is 8.52. The van der Waals surface area contributed by atoms with Crippen LogP contribution >= 0.6 is 0 Å². The molecule has 2 N–H and O–H groups in total. The van der Waals surface area contributed by atoms with Crippen LogP contribution in [-0.2, 0) is 16.4 Å². The summed E-state index contributed by atoms with van der Waals surface area (Å²) in [7, 11) is -3.96. The molecule has 0 bridgehead atoms. The van der Waals surface area contributed by atoms with Crippen LogP contribution in [0.15, 0.2) is 102 Å². The molecular weight excluding hydrogens is 579 g/mol. The van der Waals surface area contributed by atoms with Gasteiger partial charge < -0.3 is 15.2 Å². The zero-order valence-corrected chi connectivity index (χ0v) is 25.5. The Bertz CT molecular complexity index is 1900. The number of hydrogen-bond donors (Lipinski definition) is 2. The molecule has 0 aliphatic carbocycles. The number of carbonyl (C=O) groups excluding carboxylic acids is 1. The van der Waals surface area contributed by atoms with Gasteiger partial charge in [0.25, 0.3) is 5.91 Å². The fraction of sp³-hybridized carbons (Fsp3) is 0.229. The molecule has 4 aromatic rings. The van der Waals surface area contributed by atoms with Gasteiger partial charge in [0.15, 0.2) is 9.84 Å². The maximum atomic E-state index is 15.2. The summed E-state index contributed by atoms with van der Waals surface area (Å²) in [4.78, 5) is 15.7. The lowest BCUT2D eigenvalue weighted by molar-refractivity contribution is 0.0976. The predicted molar refractivity (Wildman–Crippen MR) is 169 cm³/mol. The fourth-order valence-electron chi connectivity index (χ4n) is 6.16. The Labute approximate surface area is 256 Å². The molecule has 0 aromatic heterocycles. The van der Waals surface area contributed by atoms with E-state index in [9.17, 15) is 18.3 Å². The number of phenols is 1. The van der Waals surface area contributed by atoms with Crippen molar-refractivity contribution in [2.75, 3.05) is 16.0 Å². The molecule has 0 fully saturated rings. The SMILES string of the molecule is Cc1cc(OCc2ccccc2)ccc1C1C2=C(CC(C)(C)CS2(=O)=O)Nc2c(O)cccc2N1C(=O)c1ccccc1F. The summed E-state index contributed by atoms with van der Waals surface area (Å²) in [5.41, 5.74) is 2.18. The number of rotatable bonds is 5. The lowest BCUT2D eigenvalue weighted by Gasteiger charge is -2.38. The van der Waals surface area contributed by atoms with Crippen molar-refractivity contribution < 1.29 is 27.4 Å². The molecular formula is C35H33FN2O5S. The summed E-state index contributed by atoms with van der Waals surface area (Å²) < 4.78 is 49.6. The van der Waals surface area contributed by atoms with E-state index in [1.807, 2.05) is 57.2 Å². The number of para-hydroxylation sites is 1. The number of hydrogen-bond acceptors (Lipinski definition) is 6. The number of carbonyl (C=O) groups is 1. The van der Waals surface area contributed by atoms with Gasteiger partial charge in [0.1, 0.15) is 35.7 Å². The predicted octanol–water partition coefficient (Wildman–Crippen LogP) is 7.29. The number of nitrogens with one attached hydrogen (secondary N) is 1. The van der Waals surface area contributed by atoms with Crippen molar-refractivity contribution in [3.8, 4) is 11.5 Å². The van der Waals surface area contributed by atoms with Crippen molar-refractivity contribution in [1.29, 1.82) is 0 Å². The van der Waals surface area contributed by atoms with Crippen LogP contribution < -0.4 is 15.0 Å². The lowest BCUT2D eigenvalue weighted by Crippen LogP contribution is -2.41. The van der Waals surface area contributed by atoms with Gasteiger partial charge >= 0.3 is 0 Å². The van der Waals surface area contributed by atoms with Gasteiger partial charge in [-0.1, -0.05) is 68.4 Å². The zero-order valence-electron chi connectivity index (χ0n) is 24.7. The number of anilines is 2. The Hall–Kier alpha value is -4.63. The Morgan fingerprint density at radius 3 is 2.48 bits per heavy atom. The van der Waals surface area contributed by atoms with E-state index in [4.69, 9.17) is 4.74 Å². The Kier molecular flexibility index (Phi) is 7.45. The highest BCUT2D eigenvalue weighted by Gasteiger charge is 2.47. The summed E-state index contributed by atoms with van der Waals surface area (Å²) in [5, 5.41) is 14.2. The number of fused-ring (bicyclic) bond motifs is 1. The van der Waals surface area contributed by atoms with Crippen LogP contribution in [0.1, 0.15) is 53.4 Å². The topological polar surface area (TPSA) is 95.9 Å². The van der Waals surface area contributed by atoms with E-state index in [2.05, 4.69) is 5.32 Å². The second kappa shape index (κ2) is 11.1. The van der Waals surface area contributed by atoms with E-state index in [0.717, 1.165) is 5.56 Å². The van der Waals surface area contributed by atoms with Crippen LogP contribution in [0.4, 0.5) is 15.8 Å². The number of ether oxygens (including phenoxy) is 1. The van der Waals surface area contributed by atoms with Gasteiger partial charge in [0.05, 0.1) is 21.9 Å². The number of amides is 1. The quantitative estimate of drug-likeness (QED) is 0.230. The number of aromatic hydroxyl groups is 1. The van der Waals surface area contributed by atoms with E-state index < -0.39 is 33.0 Å². The molecule has 6 rings (SSSR count). The summed E-state index contributed by atoms with van der Waals surface area (Å²) in [6, 6.07) is 24.1. The highest BCUT2D eigenvalue weighted by molar-refractivity contribution is 7.95. The highest BCUT2D eigenvalue weighted by Crippen LogP contribution is 2.52. The number of halogens is 1. The molecule has 0 saturated heterocycles. The van der Waals surface area contributed by atoms with Gasteiger partial charge in [-0.3, -0.25) is 9.69 Å². The maximum Gasteiger partial charge on any atom is 0.262 e. The molecule has 0 radical (unpaired) electrons. The first-order valence-corrected chi connectivity index (χ1v) is 16.0. The molecule has 1 atom stereocenters. The molecule has 0 spiro atoms. The first kappa shape index (κ1) is 29.4. The highest BCUT2D eigenvalue weighted by atomic mass is 32.2. The third kappa shape index (κ3) is 5.43. The first-order valence-electron chi connectivity index (χ1n) is 14.4. The van der Waals surface area contributed by atoms with Crippen molar-refractivity contribution >= 4 is 27.1 Å². The van der Waals surface area contributed by atoms with Gasteiger partial charge in [0.2, 0.25) is 0 Å². The summed E-state index contributed by atoms with van der Waals surface area (Å²) in [5.74, 6) is -1.20. The van der Waals surface area contributed by atoms with E-state index in [-0.39, 0.29) is 33.3 Å². The molecule has 1 amide bonds. The standard InChI is InChI=1S/C35H33FN2O5S/c1-22-18-24(43-20-23-10-5-4-6-11-23)16-17-25(22)32-33-28(19-35(2,3)21-44(33,41)42)37-31-29(14-9-15-30(31)39)38(32)34(40)26-12-7-8-13-27(26)36/h4-18,32,37,39H,19-21H2,1-3H3. The number of allylic oxidation sites excluding steroid dienone is 1. The van der Waals surface area contributed by atoms with E-state index in [1.54, 1.807) is 30.3 Å². The molecule has 2 aliphatic heterocycles. The molecule has 9 heteroatoms. The number of aryl methyl sites for hydroxylation is 1. The third-order valence-corrected chi connectivity index (χ3v) is 10.3. The lowest BCUT2D eigenvalue weighted by atomic mass is 9.88. The van der Waals surface area contributed by atoms with Crippen LogP contribution in [-0.4, -0.2) is 25.2 Å². The van der Waals surface area contributed by atoms with Crippen molar-refractivity contribution in [3.63, 3.8) is 0 Å². The summed E-state index contributed by atoms with van der Waals surface area (Å²) >= 11 is 0. The maximum absolute atomic E-state index is 15.2. The molecule has 44 heavy (non-hydrogen) atoms. The second-order valence-electron chi connectivity index (χ2n) is 12.1. The van der Waals surface area contributed by atoms with Gasteiger partial charge in [-0.15, -0.1) is 0 Å². The van der Waals surface area contributed by atoms with Gasteiger partial charge in [-0.2, -0.15) is 0 Å². The van der Waals surface area contributed by atoms with Crippen LogP contribution in [0.3, 0.4) is 0 Å². The normalized spacial score (nSPS) is 18.5. The van der Waals surface area contributed by atoms with E-state index in [1.165, 1.54) is 29.2 Å². The first-order chi connectivity index (χ1) is 20.9. The Morgan fingerprint density at radius 2 is 1.75 bits per heavy atom. The molecule has 7 nitrogen and oxygen atoms in total. The van der Waals surface area contributed by atoms with Crippen LogP contribution in [0.5, 0.6) is 11.5 Å². The summed E-state index contributed by atoms with van der Waals surface area (Å²) in [6.45, 7) is 5.91. The average molecular weight is 613 g/mol. The van der Waals surface area contributed by atoms with Crippen molar-refractivity contribution in [1.82, 2.24) is 0 Å². The van der Waals surface area contributed by atoms with Crippen molar-refractivity contribution in [2.45, 2.75) is 39.8 Å². The van der Waals surface area contributed by atoms with Gasteiger partial charge in [-0.05, 0) is 71.8 Å². The molecule has 226 valence electrons. The van der Waals surface area contributed by atoms with E-state index in [0.29, 0.717) is 35.6 Å². The smallest absolute Gasteiger partial charge is 0.262 e. The molecule has 0 saturated carbocycles. The minimum atomic E-state index is -3.96. The third-order valence-electron chi connectivity index (χ3n) is 8.04. The molecule has 2 heterocycles. The number of nitrogens with zero attached hydrogens (tertiary/aromatic N) is 1. The zero-order chi connectivity index (χ0) is 31.2. The summed E-state index contributed by atoms with van der Waals surface area (Å²) in [6.07, 6.45) is 0.352. The van der Waals surface area contributed by atoms with Gasteiger partial charge in [-0.25, -0.2) is 12.8 Å². The Morgan fingerprint density at radius 1 is 1.02 bits per heavy atom. The van der Waals surface area contributed by atoms with Crippen molar-refractivity contribution in [2.24, 2.45) is 5.41 Å². The van der Waals surface area contributed by atoms with E-state index >= 15 is 4.39 Å². The van der Waals surface area contributed by atoms with Gasteiger partial charge in [0, 0.05) is 5.70 Å². The minimum Gasteiger partial charge on any atom is -0.506 e. The average Bonchev–Trinajstić information content (AvgIpc) is 3.11. The number of sulfone groups is 1. The van der Waals surface area contributed by atoms with Crippen LogP contribution in [0.25, 0.3) is 0 Å². The Balaban J connectivity index is 1.57. The monoisotopic (exact) mass is 612 g/mol. The molecule has 4 aromatic carbocycles. The number of phenolic OH excluding ortho intramolecular Hbond substituents is 1. The van der Waals surface area contributed by atoms with Crippen molar-refractivity contribution in [3.05, 3.63) is 130 Å². The molecule has 2 aliphatic rings.